The van der Waals surface area contributed by atoms with Crippen molar-refractivity contribution in [3.8, 4) is 0 Å². The zero-order valence-corrected chi connectivity index (χ0v) is 18.3. The van der Waals surface area contributed by atoms with Gasteiger partial charge in [-0.1, -0.05) is 54.4 Å². The number of hydrogen-bond acceptors (Lipinski definition) is 2. The number of carbonyl (C=O) groups is 1. The van der Waals surface area contributed by atoms with Crippen LogP contribution < -0.4 is 5.32 Å². The molecule has 0 radical (unpaired) electrons. The number of benzene rings is 2. The molecule has 1 heterocycles. The number of nitrogens with one attached hydrogen (secondary N) is 1. The summed E-state index contributed by atoms with van der Waals surface area (Å²) in [5, 5.41) is 4.45. The minimum absolute atomic E-state index is 0.0765. The second-order valence-electron chi connectivity index (χ2n) is 6.58. The summed E-state index contributed by atoms with van der Waals surface area (Å²) in [6.45, 7) is 2.64. The van der Waals surface area contributed by atoms with E-state index in [1.807, 2.05) is 48.5 Å². The highest BCUT2D eigenvalue weighted by atomic mass is 79.9. The molecule has 3 aromatic rings. The fraction of sp³-hybridized carbons (Fsp3) is 0.182. The van der Waals surface area contributed by atoms with Crippen molar-refractivity contribution >= 4 is 45.0 Å². The smallest absolute Gasteiger partial charge is 0.251 e. The summed E-state index contributed by atoms with van der Waals surface area (Å²) in [7, 11) is 0. The first-order valence-corrected chi connectivity index (χ1v) is 10.4. The molecule has 2 aromatic carbocycles. The Balaban J connectivity index is 1.82. The van der Waals surface area contributed by atoms with Gasteiger partial charge in [-0.05, 0) is 69.4 Å². The summed E-state index contributed by atoms with van der Waals surface area (Å²) in [5.41, 5.74) is 2.84. The number of nitrogens with zero attached hydrogens (tertiary/aromatic N) is 1. The van der Waals surface area contributed by atoms with Gasteiger partial charge in [0.2, 0.25) is 0 Å². The van der Waals surface area contributed by atoms with Gasteiger partial charge in [-0.25, -0.2) is 4.98 Å². The van der Waals surface area contributed by atoms with E-state index in [9.17, 15) is 4.79 Å². The average Bonchev–Trinajstić information content (AvgIpc) is 2.69. The maximum atomic E-state index is 12.6. The van der Waals surface area contributed by atoms with Crippen molar-refractivity contribution in [3.05, 3.63) is 98.2 Å². The molecule has 0 bridgehead atoms. The van der Waals surface area contributed by atoms with Crippen LogP contribution in [0, 0.1) is 0 Å². The zero-order valence-electron chi connectivity index (χ0n) is 15.2. The van der Waals surface area contributed by atoms with Gasteiger partial charge in [-0.2, -0.15) is 0 Å². The highest BCUT2D eigenvalue weighted by molar-refractivity contribution is 9.10. The number of carbonyl (C=O) groups excluding carboxylic acids is 1. The molecule has 1 amide bonds. The molecule has 2 unspecified atom stereocenters. The van der Waals surface area contributed by atoms with Gasteiger partial charge in [0.1, 0.15) is 4.60 Å². The maximum absolute atomic E-state index is 12.6. The van der Waals surface area contributed by atoms with Crippen LogP contribution in [-0.4, -0.2) is 17.4 Å². The third-order valence-electron chi connectivity index (χ3n) is 4.77. The number of aromatic nitrogens is 1. The van der Waals surface area contributed by atoms with Crippen LogP contribution in [0.2, 0.25) is 10.0 Å². The largest absolute Gasteiger partial charge is 0.351 e. The highest BCUT2D eigenvalue weighted by Crippen LogP contribution is 2.33. The minimum atomic E-state index is -0.134. The van der Waals surface area contributed by atoms with Gasteiger partial charge < -0.3 is 5.32 Å². The molecule has 144 valence electrons. The normalized spacial score (nSPS) is 13.0. The molecule has 0 aliphatic carbocycles. The van der Waals surface area contributed by atoms with Crippen LogP contribution in [0.5, 0.6) is 0 Å². The molecule has 0 fully saturated rings. The first kappa shape index (κ1) is 20.8. The SMILES string of the molecule is CC(c1ccc(Cl)cc1)C(CNC(=O)c1ccnc(Br)c1)c1ccc(Cl)cc1. The second-order valence-corrected chi connectivity index (χ2v) is 8.26. The van der Waals surface area contributed by atoms with E-state index < -0.39 is 0 Å². The van der Waals surface area contributed by atoms with Gasteiger partial charge in [0, 0.05) is 34.3 Å². The lowest BCUT2D eigenvalue weighted by molar-refractivity contribution is 0.0950. The molecule has 0 spiro atoms. The number of amides is 1. The Labute approximate surface area is 183 Å². The van der Waals surface area contributed by atoms with Crippen LogP contribution in [0.3, 0.4) is 0 Å². The lowest BCUT2D eigenvalue weighted by atomic mass is 9.82. The minimum Gasteiger partial charge on any atom is -0.351 e. The highest BCUT2D eigenvalue weighted by Gasteiger charge is 2.22. The van der Waals surface area contributed by atoms with Gasteiger partial charge in [0.05, 0.1) is 0 Å². The van der Waals surface area contributed by atoms with Crippen LogP contribution in [-0.2, 0) is 0 Å². The Hall–Kier alpha value is -1.88. The molecule has 6 heteroatoms. The molecule has 28 heavy (non-hydrogen) atoms. The van der Waals surface area contributed by atoms with E-state index in [4.69, 9.17) is 23.2 Å². The zero-order chi connectivity index (χ0) is 20.1. The Morgan fingerprint density at radius 3 is 2.14 bits per heavy atom. The van der Waals surface area contributed by atoms with E-state index in [1.165, 1.54) is 0 Å². The second kappa shape index (κ2) is 9.55. The average molecular weight is 478 g/mol. The Kier molecular flexibility index (Phi) is 7.11. The van der Waals surface area contributed by atoms with Crippen molar-refractivity contribution in [2.24, 2.45) is 0 Å². The molecule has 0 aliphatic rings. The molecular formula is C22H19BrCl2N2O. The fourth-order valence-corrected chi connectivity index (χ4v) is 3.76. The Morgan fingerprint density at radius 1 is 1.00 bits per heavy atom. The molecule has 0 saturated heterocycles. The van der Waals surface area contributed by atoms with Crippen molar-refractivity contribution in [2.75, 3.05) is 6.54 Å². The summed E-state index contributed by atoms with van der Waals surface area (Å²) >= 11 is 15.4. The van der Waals surface area contributed by atoms with Crippen molar-refractivity contribution in [2.45, 2.75) is 18.8 Å². The number of rotatable bonds is 6. The maximum Gasteiger partial charge on any atom is 0.251 e. The number of halogens is 3. The third-order valence-corrected chi connectivity index (χ3v) is 5.71. The third kappa shape index (κ3) is 5.34. The van der Waals surface area contributed by atoms with Gasteiger partial charge in [-0.3, -0.25) is 4.79 Å². The van der Waals surface area contributed by atoms with E-state index in [1.54, 1.807) is 18.3 Å². The van der Waals surface area contributed by atoms with Crippen LogP contribution in [0.4, 0.5) is 0 Å². The van der Waals surface area contributed by atoms with Crippen molar-refractivity contribution in [1.29, 1.82) is 0 Å². The molecular weight excluding hydrogens is 459 g/mol. The van der Waals surface area contributed by atoms with Crippen molar-refractivity contribution in [1.82, 2.24) is 10.3 Å². The van der Waals surface area contributed by atoms with Crippen LogP contribution in [0.25, 0.3) is 0 Å². The van der Waals surface area contributed by atoms with E-state index in [2.05, 4.69) is 33.2 Å². The Bertz CT molecular complexity index is 946. The number of hydrogen-bond donors (Lipinski definition) is 1. The van der Waals surface area contributed by atoms with E-state index >= 15 is 0 Å². The Morgan fingerprint density at radius 2 is 1.57 bits per heavy atom. The number of pyridine rings is 1. The summed E-state index contributed by atoms with van der Waals surface area (Å²) in [6, 6.07) is 19.0. The standard InChI is InChI=1S/C22H19BrCl2N2O/c1-14(15-2-6-18(24)7-3-15)20(16-4-8-19(25)9-5-16)13-27-22(28)17-10-11-26-21(23)12-17/h2-12,14,20H,13H2,1H3,(H,27,28). The van der Waals surface area contributed by atoms with Gasteiger partial charge in [0.25, 0.3) is 5.91 Å². The topological polar surface area (TPSA) is 42.0 Å². The van der Waals surface area contributed by atoms with Crippen molar-refractivity contribution < 1.29 is 4.79 Å². The summed E-state index contributed by atoms with van der Waals surface area (Å²) in [5.74, 6) is 0.112. The molecule has 0 saturated carbocycles. The van der Waals surface area contributed by atoms with Gasteiger partial charge >= 0.3 is 0 Å². The molecule has 0 aliphatic heterocycles. The van der Waals surface area contributed by atoms with Crippen LogP contribution in [0.1, 0.15) is 40.2 Å². The first-order chi connectivity index (χ1) is 13.4. The lowest BCUT2D eigenvalue weighted by Gasteiger charge is -2.25. The van der Waals surface area contributed by atoms with Gasteiger partial charge in [0.15, 0.2) is 0 Å². The van der Waals surface area contributed by atoms with E-state index in [0.29, 0.717) is 26.8 Å². The summed E-state index contributed by atoms with van der Waals surface area (Å²) in [4.78, 5) is 16.7. The molecule has 1 N–H and O–H groups in total. The van der Waals surface area contributed by atoms with Gasteiger partial charge in [-0.15, -0.1) is 0 Å². The predicted octanol–water partition coefficient (Wildman–Crippen LogP) is 6.47. The van der Waals surface area contributed by atoms with E-state index in [-0.39, 0.29) is 17.7 Å². The predicted molar refractivity (Wildman–Crippen MR) is 118 cm³/mol. The lowest BCUT2D eigenvalue weighted by Crippen LogP contribution is -2.30. The molecule has 3 rings (SSSR count). The van der Waals surface area contributed by atoms with Crippen LogP contribution in [0.15, 0.2) is 71.5 Å². The van der Waals surface area contributed by atoms with Crippen molar-refractivity contribution in [3.63, 3.8) is 0 Å². The molecule has 1 aromatic heterocycles. The fourth-order valence-electron chi connectivity index (χ4n) is 3.14. The van der Waals surface area contributed by atoms with Crippen LogP contribution >= 0.6 is 39.1 Å². The first-order valence-electron chi connectivity index (χ1n) is 8.84. The molecule has 3 nitrogen and oxygen atoms in total. The molecule has 2 atom stereocenters. The quantitative estimate of drug-likeness (QED) is 0.413. The monoisotopic (exact) mass is 476 g/mol. The van der Waals surface area contributed by atoms with E-state index in [0.717, 1.165) is 11.1 Å². The summed E-state index contributed by atoms with van der Waals surface area (Å²) in [6.07, 6.45) is 1.60. The summed E-state index contributed by atoms with van der Waals surface area (Å²) < 4.78 is 0.629.